The molecule has 0 heterocycles. The summed E-state index contributed by atoms with van der Waals surface area (Å²) in [5, 5.41) is 0.114. The quantitative estimate of drug-likeness (QED) is 0.596. The normalized spacial score (nSPS) is 10.9. The van der Waals surface area contributed by atoms with E-state index in [1.807, 2.05) is 0 Å². The van der Waals surface area contributed by atoms with Crippen molar-refractivity contribution in [1.82, 2.24) is 0 Å². The van der Waals surface area contributed by atoms with Crippen molar-refractivity contribution in [2.45, 2.75) is 4.90 Å². The SMILES string of the molecule is COC(=O)CN(c1ccc(OC)cc1OC)S(=O)(=O)c1ccc(OC)c(Cl)c1. The van der Waals surface area contributed by atoms with Gasteiger partial charge in [-0.3, -0.25) is 9.10 Å². The average molecular weight is 430 g/mol. The molecule has 0 N–H and O–H groups in total. The smallest absolute Gasteiger partial charge is 0.326 e. The van der Waals surface area contributed by atoms with E-state index >= 15 is 0 Å². The molecule has 2 aromatic carbocycles. The number of methoxy groups -OCH3 is 4. The molecule has 0 aliphatic rings. The van der Waals surface area contributed by atoms with Crippen LogP contribution in [0.4, 0.5) is 5.69 Å². The molecule has 0 radical (unpaired) electrons. The number of anilines is 1. The topological polar surface area (TPSA) is 91.4 Å². The van der Waals surface area contributed by atoms with Gasteiger partial charge in [-0.15, -0.1) is 0 Å². The van der Waals surface area contributed by atoms with Gasteiger partial charge in [0.15, 0.2) is 0 Å². The number of rotatable bonds is 8. The maximum absolute atomic E-state index is 13.3. The van der Waals surface area contributed by atoms with Crippen LogP contribution in [0.2, 0.25) is 5.02 Å². The monoisotopic (exact) mass is 429 g/mol. The van der Waals surface area contributed by atoms with E-state index in [-0.39, 0.29) is 21.4 Å². The van der Waals surface area contributed by atoms with E-state index in [0.717, 1.165) is 4.31 Å². The van der Waals surface area contributed by atoms with Crippen LogP contribution in [0.15, 0.2) is 41.3 Å². The summed E-state index contributed by atoms with van der Waals surface area (Å²) >= 11 is 6.08. The average Bonchev–Trinajstić information content (AvgIpc) is 2.71. The highest BCUT2D eigenvalue weighted by molar-refractivity contribution is 7.92. The van der Waals surface area contributed by atoms with Gasteiger partial charge in [0.1, 0.15) is 23.8 Å². The molecule has 28 heavy (non-hydrogen) atoms. The molecule has 10 heteroatoms. The summed E-state index contributed by atoms with van der Waals surface area (Å²) in [5.74, 6) is 0.234. The second-order valence-corrected chi connectivity index (χ2v) is 7.69. The Kier molecular flexibility index (Phi) is 6.98. The maximum Gasteiger partial charge on any atom is 0.326 e. The van der Waals surface area contributed by atoms with Crippen LogP contribution in [0.5, 0.6) is 17.2 Å². The lowest BCUT2D eigenvalue weighted by molar-refractivity contribution is -0.138. The van der Waals surface area contributed by atoms with Gasteiger partial charge in [-0.25, -0.2) is 8.42 Å². The molecular formula is C18H20ClNO7S. The predicted octanol–water partition coefficient (Wildman–Crippen LogP) is 2.73. The summed E-state index contributed by atoms with van der Waals surface area (Å²) in [6.07, 6.45) is 0. The third kappa shape index (κ3) is 4.42. The zero-order chi connectivity index (χ0) is 20.9. The number of ether oxygens (including phenoxy) is 4. The first-order valence-electron chi connectivity index (χ1n) is 7.93. The molecule has 0 bridgehead atoms. The summed E-state index contributed by atoms with van der Waals surface area (Å²) in [6, 6.07) is 8.55. The first kappa shape index (κ1) is 21.6. The molecule has 0 aromatic heterocycles. The van der Waals surface area contributed by atoms with Crippen molar-refractivity contribution in [1.29, 1.82) is 0 Å². The fraction of sp³-hybridized carbons (Fsp3) is 0.278. The first-order chi connectivity index (χ1) is 13.3. The third-order valence-corrected chi connectivity index (χ3v) is 5.92. The van der Waals surface area contributed by atoms with E-state index in [1.54, 1.807) is 6.07 Å². The minimum Gasteiger partial charge on any atom is -0.497 e. The number of benzene rings is 2. The fourth-order valence-electron chi connectivity index (χ4n) is 2.41. The number of carbonyl (C=O) groups excluding carboxylic acids is 1. The summed E-state index contributed by atoms with van der Waals surface area (Å²) in [4.78, 5) is 11.8. The zero-order valence-electron chi connectivity index (χ0n) is 15.8. The number of esters is 1. The van der Waals surface area contributed by atoms with Crippen molar-refractivity contribution >= 4 is 33.3 Å². The number of hydrogen-bond acceptors (Lipinski definition) is 7. The van der Waals surface area contributed by atoms with E-state index in [2.05, 4.69) is 4.74 Å². The van der Waals surface area contributed by atoms with Gasteiger partial charge in [0.2, 0.25) is 0 Å². The molecule has 2 aromatic rings. The van der Waals surface area contributed by atoms with E-state index in [1.165, 1.54) is 58.8 Å². The molecule has 2 rings (SSSR count). The van der Waals surface area contributed by atoms with Crippen molar-refractivity contribution in [3.8, 4) is 17.2 Å². The van der Waals surface area contributed by atoms with Crippen LogP contribution in [0, 0.1) is 0 Å². The molecule has 0 aliphatic carbocycles. The Morgan fingerprint density at radius 2 is 1.64 bits per heavy atom. The Morgan fingerprint density at radius 3 is 2.18 bits per heavy atom. The number of hydrogen-bond donors (Lipinski definition) is 0. The number of halogens is 1. The summed E-state index contributed by atoms with van der Waals surface area (Å²) in [6.45, 7) is -0.564. The van der Waals surface area contributed by atoms with Gasteiger partial charge < -0.3 is 18.9 Å². The maximum atomic E-state index is 13.3. The first-order valence-corrected chi connectivity index (χ1v) is 9.75. The number of sulfonamides is 1. The van der Waals surface area contributed by atoms with Crippen molar-refractivity contribution in [3.05, 3.63) is 41.4 Å². The highest BCUT2D eigenvalue weighted by Crippen LogP contribution is 2.36. The van der Waals surface area contributed by atoms with Gasteiger partial charge in [0.25, 0.3) is 10.0 Å². The molecule has 0 saturated heterocycles. The molecule has 0 amide bonds. The molecular weight excluding hydrogens is 410 g/mol. The molecule has 0 fully saturated rings. The summed E-state index contributed by atoms with van der Waals surface area (Å²) in [7, 11) is 1.25. The van der Waals surface area contributed by atoms with Gasteiger partial charge >= 0.3 is 5.97 Å². The second kappa shape index (κ2) is 9.03. The van der Waals surface area contributed by atoms with Crippen LogP contribution in [-0.4, -0.2) is 49.4 Å². The van der Waals surface area contributed by atoms with Crippen LogP contribution < -0.4 is 18.5 Å². The van der Waals surface area contributed by atoms with Crippen LogP contribution in [0.25, 0.3) is 0 Å². The lowest BCUT2D eigenvalue weighted by Crippen LogP contribution is -2.36. The van der Waals surface area contributed by atoms with Crippen molar-refractivity contribution in [3.63, 3.8) is 0 Å². The van der Waals surface area contributed by atoms with Crippen LogP contribution in [0.3, 0.4) is 0 Å². The Bertz CT molecular complexity index is 962. The Hall–Kier alpha value is -2.65. The standard InChI is InChI=1S/C18H20ClNO7S/c1-24-12-5-7-15(17(9-12)26-3)20(11-18(21)27-4)28(22,23)13-6-8-16(25-2)14(19)10-13/h5-10H,11H2,1-4H3. The van der Waals surface area contributed by atoms with E-state index < -0.39 is 22.5 Å². The molecule has 0 atom stereocenters. The molecule has 152 valence electrons. The van der Waals surface area contributed by atoms with Gasteiger partial charge in [-0.05, 0) is 30.3 Å². The highest BCUT2D eigenvalue weighted by Gasteiger charge is 2.30. The third-order valence-electron chi connectivity index (χ3n) is 3.87. The lowest BCUT2D eigenvalue weighted by atomic mass is 10.2. The highest BCUT2D eigenvalue weighted by atomic mass is 35.5. The summed E-state index contributed by atoms with van der Waals surface area (Å²) in [5.41, 5.74) is 0.139. The van der Waals surface area contributed by atoms with Gasteiger partial charge in [0.05, 0.1) is 44.0 Å². The van der Waals surface area contributed by atoms with Gasteiger partial charge in [-0.1, -0.05) is 11.6 Å². The Labute approximate surface area is 168 Å². The largest absolute Gasteiger partial charge is 0.497 e. The molecule has 0 saturated carbocycles. The van der Waals surface area contributed by atoms with Crippen LogP contribution in [0.1, 0.15) is 0 Å². The van der Waals surface area contributed by atoms with E-state index in [9.17, 15) is 13.2 Å². The predicted molar refractivity (Wildman–Crippen MR) is 104 cm³/mol. The Balaban J connectivity index is 2.63. The van der Waals surface area contributed by atoms with E-state index in [0.29, 0.717) is 11.5 Å². The molecule has 8 nitrogen and oxygen atoms in total. The lowest BCUT2D eigenvalue weighted by Gasteiger charge is -2.25. The van der Waals surface area contributed by atoms with Gasteiger partial charge in [0, 0.05) is 6.07 Å². The van der Waals surface area contributed by atoms with Gasteiger partial charge in [-0.2, -0.15) is 0 Å². The summed E-state index contributed by atoms with van der Waals surface area (Å²) < 4.78 is 47.6. The molecule has 0 unspecified atom stereocenters. The van der Waals surface area contributed by atoms with Crippen LogP contribution >= 0.6 is 11.6 Å². The minimum atomic E-state index is -4.19. The number of nitrogens with zero attached hydrogens (tertiary/aromatic N) is 1. The van der Waals surface area contributed by atoms with E-state index in [4.69, 9.17) is 25.8 Å². The zero-order valence-corrected chi connectivity index (χ0v) is 17.3. The number of carbonyl (C=O) groups is 1. The van der Waals surface area contributed by atoms with Crippen molar-refractivity contribution in [2.75, 3.05) is 39.3 Å². The molecule has 0 aliphatic heterocycles. The van der Waals surface area contributed by atoms with Crippen molar-refractivity contribution in [2.24, 2.45) is 0 Å². The van der Waals surface area contributed by atoms with Crippen molar-refractivity contribution < 1.29 is 32.2 Å². The fourth-order valence-corrected chi connectivity index (χ4v) is 4.18. The second-order valence-electron chi connectivity index (χ2n) is 5.42. The Morgan fingerprint density at radius 1 is 0.964 bits per heavy atom. The molecule has 0 spiro atoms. The van der Waals surface area contributed by atoms with Crippen LogP contribution in [-0.2, 0) is 19.6 Å². The minimum absolute atomic E-state index is 0.114.